The monoisotopic (exact) mass is 319 g/mol. The number of alkyl halides is 2. The van der Waals surface area contributed by atoms with E-state index >= 15 is 0 Å². The molecule has 0 aliphatic carbocycles. The number of rotatable bonds is 5. The van der Waals surface area contributed by atoms with E-state index in [-0.39, 0.29) is 17.7 Å². The molecule has 2 aromatic rings. The molecule has 0 radical (unpaired) electrons. The minimum absolute atomic E-state index is 0.0270. The molecule has 0 spiro atoms. The van der Waals surface area contributed by atoms with Crippen LogP contribution in [0.15, 0.2) is 42.5 Å². The molecule has 5 heteroatoms. The van der Waals surface area contributed by atoms with Crippen LogP contribution in [0.1, 0.15) is 40.0 Å². The predicted octanol–water partition coefficient (Wildman–Crippen LogP) is 4.40. The van der Waals surface area contributed by atoms with Crippen LogP contribution >= 0.6 is 0 Å². The average molecular weight is 319 g/mol. The fourth-order valence-electron chi connectivity index (χ4n) is 2.37. The molecular formula is C18H19F2NO2. The van der Waals surface area contributed by atoms with E-state index < -0.39 is 6.61 Å². The molecule has 0 aliphatic heterocycles. The zero-order valence-electron chi connectivity index (χ0n) is 13.3. The van der Waals surface area contributed by atoms with Gasteiger partial charge < -0.3 is 10.1 Å². The first kappa shape index (κ1) is 16.9. The van der Waals surface area contributed by atoms with E-state index in [9.17, 15) is 13.6 Å². The lowest BCUT2D eigenvalue weighted by Crippen LogP contribution is -2.27. The minimum atomic E-state index is -2.88. The van der Waals surface area contributed by atoms with Crippen molar-refractivity contribution in [2.24, 2.45) is 0 Å². The lowest BCUT2D eigenvalue weighted by atomic mass is 10.00. The number of ether oxygens (including phenoxy) is 1. The highest BCUT2D eigenvalue weighted by Gasteiger charge is 2.14. The summed E-state index contributed by atoms with van der Waals surface area (Å²) in [6.45, 7) is 3.03. The summed E-state index contributed by atoms with van der Waals surface area (Å²) in [6, 6.07) is 11.6. The number of hydrogen-bond donors (Lipinski definition) is 1. The molecule has 0 aliphatic rings. The maximum absolute atomic E-state index is 12.3. The van der Waals surface area contributed by atoms with Crippen LogP contribution in [-0.2, 0) is 0 Å². The highest BCUT2D eigenvalue weighted by atomic mass is 19.3. The van der Waals surface area contributed by atoms with E-state index in [1.54, 1.807) is 0 Å². The third-order valence-electron chi connectivity index (χ3n) is 3.59. The van der Waals surface area contributed by atoms with Gasteiger partial charge in [-0.05, 0) is 56.2 Å². The molecule has 0 aromatic heterocycles. The highest BCUT2D eigenvalue weighted by molar-refractivity contribution is 5.94. The number of benzene rings is 2. The number of amides is 1. The van der Waals surface area contributed by atoms with Crippen molar-refractivity contribution >= 4 is 5.91 Å². The van der Waals surface area contributed by atoms with Crippen molar-refractivity contribution in [3.8, 4) is 5.75 Å². The van der Waals surface area contributed by atoms with Crippen molar-refractivity contribution in [3.63, 3.8) is 0 Å². The SMILES string of the molecule is Cc1ccc(C)c(C(C)NC(=O)c2ccc(OC(F)F)cc2)c1. The number of carbonyl (C=O) groups is 1. The summed E-state index contributed by atoms with van der Waals surface area (Å²) in [5.41, 5.74) is 3.67. The van der Waals surface area contributed by atoms with E-state index in [0.29, 0.717) is 5.56 Å². The first-order valence-corrected chi connectivity index (χ1v) is 7.29. The second-order valence-corrected chi connectivity index (χ2v) is 5.46. The first-order chi connectivity index (χ1) is 10.9. The lowest BCUT2D eigenvalue weighted by molar-refractivity contribution is -0.0498. The summed E-state index contributed by atoms with van der Waals surface area (Å²) in [5.74, 6) is -0.235. The Hall–Kier alpha value is -2.43. The van der Waals surface area contributed by atoms with E-state index in [2.05, 4.69) is 10.1 Å². The van der Waals surface area contributed by atoms with Gasteiger partial charge in [0.2, 0.25) is 0 Å². The van der Waals surface area contributed by atoms with Crippen molar-refractivity contribution in [2.75, 3.05) is 0 Å². The summed E-state index contributed by atoms with van der Waals surface area (Å²) >= 11 is 0. The van der Waals surface area contributed by atoms with E-state index in [4.69, 9.17) is 0 Å². The van der Waals surface area contributed by atoms with Crippen LogP contribution in [0.25, 0.3) is 0 Å². The molecule has 1 unspecified atom stereocenters. The van der Waals surface area contributed by atoms with Gasteiger partial charge in [-0.1, -0.05) is 23.8 Å². The molecule has 1 amide bonds. The molecule has 1 N–H and O–H groups in total. The summed E-state index contributed by atoms with van der Waals surface area (Å²) in [4.78, 5) is 12.3. The molecule has 3 nitrogen and oxygen atoms in total. The second kappa shape index (κ2) is 7.22. The van der Waals surface area contributed by atoms with E-state index in [1.165, 1.54) is 24.3 Å². The molecule has 0 bridgehead atoms. The number of halogens is 2. The summed E-state index contributed by atoms with van der Waals surface area (Å²) in [5, 5.41) is 2.91. The minimum Gasteiger partial charge on any atom is -0.435 e. The van der Waals surface area contributed by atoms with Gasteiger partial charge in [-0.2, -0.15) is 8.78 Å². The first-order valence-electron chi connectivity index (χ1n) is 7.29. The Morgan fingerprint density at radius 3 is 2.35 bits per heavy atom. The van der Waals surface area contributed by atoms with E-state index in [1.807, 2.05) is 39.0 Å². The topological polar surface area (TPSA) is 38.3 Å². The van der Waals surface area contributed by atoms with Gasteiger partial charge >= 0.3 is 6.61 Å². The van der Waals surface area contributed by atoms with Crippen LogP contribution in [0, 0.1) is 13.8 Å². The Morgan fingerprint density at radius 2 is 1.74 bits per heavy atom. The zero-order valence-corrected chi connectivity index (χ0v) is 13.3. The molecule has 0 saturated heterocycles. The molecule has 2 aromatic carbocycles. The van der Waals surface area contributed by atoms with Crippen molar-refractivity contribution in [2.45, 2.75) is 33.4 Å². The summed E-state index contributed by atoms with van der Waals surface area (Å²) in [7, 11) is 0. The predicted molar refractivity (Wildman–Crippen MR) is 84.9 cm³/mol. The normalized spacial score (nSPS) is 12.1. The van der Waals surface area contributed by atoms with Gasteiger partial charge in [-0.25, -0.2) is 0 Å². The van der Waals surface area contributed by atoms with E-state index in [0.717, 1.165) is 16.7 Å². The van der Waals surface area contributed by atoms with Gasteiger partial charge in [0.1, 0.15) is 5.75 Å². The van der Waals surface area contributed by atoms with Gasteiger partial charge in [0.05, 0.1) is 6.04 Å². The number of hydrogen-bond acceptors (Lipinski definition) is 2. The van der Waals surface area contributed by atoms with Crippen LogP contribution in [0.4, 0.5) is 8.78 Å². The molecule has 1 atom stereocenters. The quantitative estimate of drug-likeness (QED) is 0.887. The van der Waals surface area contributed by atoms with Gasteiger partial charge in [0.15, 0.2) is 0 Å². The Balaban J connectivity index is 2.07. The van der Waals surface area contributed by atoms with Crippen LogP contribution in [-0.4, -0.2) is 12.5 Å². The molecule has 122 valence electrons. The lowest BCUT2D eigenvalue weighted by Gasteiger charge is -2.17. The van der Waals surface area contributed by atoms with Crippen LogP contribution in [0.5, 0.6) is 5.75 Å². The van der Waals surface area contributed by atoms with Crippen molar-refractivity contribution in [1.82, 2.24) is 5.32 Å². The molecular weight excluding hydrogens is 300 g/mol. The largest absolute Gasteiger partial charge is 0.435 e. The molecule has 0 saturated carbocycles. The molecule has 2 rings (SSSR count). The van der Waals surface area contributed by atoms with Gasteiger partial charge in [-0.15, -0.1) is 0 Å². The Kier molecular flexibility index (Phi) is 5.32. The second-order valence-electron chi connectivity index (χ2n) is 5.46. The Bertz CT molecular complexity index is 684. The number of nitrogens with one attached hydrogen (secondary N) is 1. The number of aryl methyl sites for hydroxylation is 2. The third-order valence-corrected chi connectivity index (χ3v) is 3.59. The summed E-state index contributed by atoms with van der Waals surface area (Å²) < 4.78 is 28.5. The zero-order chi connectivity index (χ0) is 17.0. The Labute approximate surface area is 134 Å². The van der Waals surface area contributed by atoms with Crippen molar-refractivity contribution < 1.29 is 18.3 Å². The third kappa shape index (κ3) is 4.52. The Morgan fingerprint density at radius 1 is 1.09 bits per heavy atom. The maximum atomic E-state index is 12.3. The highest BCUT2D eigenvalue weighted by Crippen LogP contribution is 2.20. The van der Waals surface area contributed by atoms with Crippen LogP contribution < -0.4 is 10.1 Å². The fourth-order valence-corrected chi connectivity index (χ4v) is 2.37. The average Bonchev–Trinajstić information content (AvgIpc) is 2.49. The van der Waals surface area contributed by atoms with Crippen molar-refractivity contribution in [1.29, 1.82) is 0 Å². The smallest absolute Gasteiger partial charge is 0.387 e. The van der Waals surface area contributed by atoms with Gasteiger partial charge in [-0.3, -0.25) is 4.79 Å². The fraction of sp³-hybridized carbons (Fsp3) is 0.278. The maximum Gasteiger partial charge on any atom is 0.387 e. The molecule has 0 heterocycles. The standard InChI is InChI=1S/C18H19F2NO2/c1-11-4-5-12(2)16(10-11)13(3)21-17(22)14-6-8-15(9-7-14)23-18(19)20/h4-10,13,18H,1-3H3,(H,21,22). The summed E-state index contributed by atoms with van der Waals surface area (Å²) in [6.07, 6.45) is 0. The molecule has 23 heavy (non-hydrogen) atoms. The van der Waals surface area contributed by atoms with Gasteiger partial charge in [0, 0.05) is 5.56 Å². The van der Waals surface area contributed by atoms with Crippen molar-refractivity contribution in [3.05, 3.63) is 64.7 Å². The van der Waals surface area contributed by atoms with Gasteiger partial charge in [0.25, 0.3) is 5.91 Å². The molecule has 0 fully saturated rings. The number of carbonyl (C=O) groups excluding carboxylic acids is 1. The van der Waals surface area contributed by atoms with Crippen LogP contribution in [0.3, 0.4) is 0 Å². The van der Waals surface area contributed by atoms with Crippen LogP contribution in [0.2, 0.25) is 0 Å².